The van der Waals surface area contributed by atoms with Crippen molar-refractivity contribution in [3.05, 3.63) is 72.0 Å². The first kappa shape index (κ1) is 15.8. The molecule has 1 aliphatic heterocycles. The van der Waals surface area contributed by atoms with Crippen molar-refractivity contribution < 1.29 is 13.2 Å². The molecule has 1 aromatic heterocycles. The first-order valence-corrected chi connectivity index (χ1v) is 8.38. The van der Waals surface area contributed by atoms with Crippen LogP contribution >= 0.6 is 15.9 Å². The SMILES string of the molecule is N=C1c2ccoc2NC(Br)N1c1ccc(-c2cccc(F)c2F)cc1. The van der Waals surface area contributed by atoms with Gasteiger partial charge in [0.1, 0.15) is 5.84 Å². The lowest BCUT2D eigenvalue weighted by molar-refractivity contribution is 0.511. The van der Waals surface area contributed by atoms with Gasteiger partial charge in [0.2, 0.25) is 5.88 Å². The number of alkyl halides is 1. The van der Waals surface area contributed by atoms with Crippen molar-refractivity contribution in [3.8, 4) is 11.1 Å². The van der Waals surface area contributed by atoms with E-state index in [1.54, 1.807) is 35.2 Å². The van der Waals surface area contributed by atoms with E-state index in [-0.39, 0.29) is 16.5 Å². The molecular weight excluding hydrogens is 392 g/mol. The van der Waals surface area contributed by atoms with Gasteiger partial charge in [-0.15, -0.1) is 0 Å². The smallest absolute Gasteiger partial charge is 0.205 e. The van der Waals surface area contributed by atoms with E-state index >= 15 is 0 Å². The lowest BCUT2D eigenvalue weighted by Gasteiger charge is -2.34. The number of hydrogen-bond donors (Lipinski definition) is 2. The highest BCUT2D eigenvalue weighted by atomic mass is 79.9. The van der Waals surface area contributed by atoms with Crippen LogP contribution in [-0.2, 0) is 0 Å². The average Bonchev–Trinajstić information content (AvgIpc) is 3.07. The molecule has 4 rings (SSSR count). The van der Waals surface area contributed by atoms with E-state index < -0.39 is 11.6 Å². The van der Waals surface area contributed by atoms with E-state index in [0.29, 0.717) is 17.0 Å². The molecule has 2 heterocycles. The van der Waals surface area contributed by atoms with Crippen molar-refractivity contribution in [3.63, 3.8) is 0 Å². The summed E-state index contributed by atoms with van der Waals surface area (Å²) < 4.78 is 32.7. The van der Waals surface area contributed by atoms with Crippen LogP contribution in [0.1, 0.15) is 5.56 Å². The summed E-state index contributed by atoms with van der Waals surface area (Å²) in [5.74, 6) is -0.948. The fourth-order valence-corrected chi connectivity index (χ4v) is 3.46. The van der Waals surface area contributed by atoms with E-state index in [2.05, 4.69) is 21.2 Å². The monoisotopic (exact) mass is 403 g/mol. The molecule has 2 N–H and O–H groups in total. The summed E-state index contributed by atoms with van der Waals surface area (Å²) in [6, 6.07) is 12.7. The summed E-state index contributed by atoms with van der Waals surface area (Å²) in [5.41, 5.74) is 2.14. The molecule has 0 saturated heterocycles. The largest absolute Gasteiger partial charge is 0.448 e. The van der Waals surface area contributed by atoms with Gasteiger partial charge in [0, 0.05) is 11.3 Å². The molecule has 0 saturated carbocycles. The van der Waals surface area contributed by atoms with E-state index in [0.717, 1.165) is 11.8 Å². The molecule has 1 aliphatic rings. The summed E-state index contributed by atoms with van der Waals surface area (Å²) in [4.78, 5) is 1.73. The summed E-state index contributed by atoms with van der Waals surface area (Å²) >= 11 is 3.48. The Hall–Kier alpha value is -2.67. The highest BCUT2D eigenvalue weighted by Gasteiger charge is 2.30. The van der Waals surface area contributed by atoms with Gasteiger partial charge in [-0.1, -0.05) is 24.3 Å². The summed E-state index contributed by atoms with van der Waals surface area (Å²) in [5, 5.41) is 11.1. The van der Waals surface area contributed by atoms with Crippen LogP contribution in [0.15, 0.2) is 59.2 Å². The van der Waals surface area contributed by atoms with Crippen LogP contribution in [-0.4, -0.2) is 10.9 Å². The third-order valence-electron chi connectivity index (χ3n) is 4.05. The van der Waals surface area contributed by atoms with Gasteiger partial charge in [-0.2, -0.15) is 0 Å². The van der Waals surface area contributed by atoms with Crippen molar-refractivity contribution in [1.82, 2.24) is 0 Å². The lowest BCUT2D eigenvalue weighted by Crippen LogP contribution is -2.45. The maximum absolute atomic E-state index is 13.9. The van der Waals surface area contributed by atoms with E-state index in [9.17, 15) is 8.78 Å². The van der Waals surface area contributed by atoms with Gasteiger partial charge in [-0.05, 0) is 45.8 Å². The molecule has 0 aliphatic carbocycles. The number of anilines is 2. The Kier molecular flexibility index (Phi) is 3.80. The lowest BCUT2D eigenvalue weighted by atomic mass is 10.0. The van der Waals surface area contributed by atoms with Crippen molar-refractivity contribution in [2.24, 2.45) is 0 Å². The minimum absolute atomic E-state index is 0.200. The first-order chi connectivity index (χ1) is 12.1. The Balaban J connectivity index is 1.69. The fourth-order valence-electron chi connectivity index (χ4n) is 2.81. The normalized spacial score (nSPS) is 16.5. The second kappa shape index (κ2) is 6.00. The molecule has 7 heteroatoms. The maximum atomic E-state index is 13.9. The van der Waals surface area contributed by atoms with Gasteiger partial charge in [-0.3, -0.25) is 10.3 Å². The van der Waals surface area contributed by atoms with Crippen molar-refractivity contribution in [2.75, 3.05) is 10.2 Å². The van der Waals surface area contributed by atoms with E-state index in [1.807, 2.05) is 0 Å². The molecule has 0 radical (unpaired) electrons. The number of nitrogens with zero attached hydrogens (tertiary/aromatic N) is 1. The molecule has 3 aromatic rings. The fraction of sp³-hybridized carbons (Fsp3) is 0.0556. The van der Waals surface area contributed by atoms with Crippen molar-refractivity contribution in [2.45, 2.75) is 5.08 Å². The zero-order valence-corrected chi connectivity index (χ0v) is 14.3. The van der Waals surface area contributed by atoms with Crippen LogP contribution in [0.4, 0.5) is 20.4 Å². The minimum Gasteiger partial charge on any atom is -0.448 e. The molecule has 2 aromatic carbocycles. The predicted octanol–water partition coefficient (Wildman–Crippen LogP) is 5.16. The molecule has 0 bridgehead atoms. The number of benzene rings is 2. The number of rotatable bonds is 2. The van der Waals surface area contributed by atoms with Gasteiger partial charge in [0.05, 0.1) is 11.8 Å². The first-order valence-electron chi connectivity index (χ1n) is 7.47. The molecule has 25 heavy (non-hydrogen) atoms. The third kappa shape index (κ3) is 2.60. The Bertz CT molecular complexity index is 955. The molecule has 126 valence electrons. The third-order valence-corrected chi connectivity index (χ3v) is 4.68. The predicted molar refractivity (Wildman–Crippen MR) is 96.1 cm³/mol. The Morgan fingerprint density at radius 2 is 1.80 bits per heavy atom. The van der Waals surface area contributed by atoms with Crippen LogP contribution in [0.2, 0.25) is 0 Å². The summed E-state index contributed by atoms with van der Waals surface area (Å²) in [6.07, 6.45) is 1.52. The molecule has 1 atom stereocenters. The Morgan fingerprint density at radius 3 is 2.56 bits per heavy atom. The van der Waals surface area contributed by atoms with Crippen LogP contribution in [0.3, 0.4) is 0 Å². The number of furan rings is 1. The summed E-state index contributed by atoms with van der Waals surface area (Å²) in [6.45, 7) is 0. The van der Waals surface area contributed by atoms with Gasteiger partial charge >= 0.3 is 0 Å². The van der Waals surface area contributed by atoms with E-state index in [4.69, 9.17) is 9.83 Å². The number of nitrogens with one attached hydrogen (secondary N) is 2. The van der Waals surface area contributed by atoms with E-state index in [1.165, 1.54) is 18.4 Å². The van der Waals surface area contributed by atoms with Crippen LogP contribution in [0.25, 0.3) is 11.1 Å². The van der Waals surface area contributed by atoms with Crippen molar-refractivity contribution >= 4 is 33.3 Å². The standard InChI is InChI=1S/C18H12BrF2N3O/c19-18-23-17-13(8-9-25-17)16(22)24(18)11-6-4-10(5-7-11)12-2-1-3-14(20)15(12)21/h1-9,18,22-23H. The highest BCUT2D eigenvalue weighted by Crippen LogP contribution is 2.33. The van der Waals surface area contributed by atoms with Crippen LogP contribution in [0, 0.1) is 17.0 Å². The maximum Gasteiger partial charge on any atom is 0.205 e. The molecule has 0 spiro atoms. The number of fused-ring (bicyclic) bond motifs is 1. The topological polar surface area (TPSA) is 52.3 Å². The zero-order valence-electron chi connectivity index (χ0n) is 12.8. The molecule has 4 nitrogen and oxygen atoms in total. The van der Waals surface area contributed by atoms with Gasteiger partial charge < -0.3 is 9.73 Å². The highest BCUT2D eigenvalue weighted by molar-refractivity contribution is 9.09. The van der Waals surface area contributed by atoms with Gasteiger partial charge in [-0.25, -0.2) is 8.78 Å². The molecule has 0 fully saturated rings. The Morgan fingerprint density at radius 1 is 1.04 bits per heavy atom. The Labute approximate surface area is 150 Å². The van der Waals surface area contributed by atoms with Crippen molar-refractivity contribution in [1.29, 1.82) is 5.41 Å². The number of hydrogen-bond acceptors (Lipinski definition) is 3. The van der Waals surface area contributed by atoms with Gasteiger partial charge in [0.25, 0.3) is 0 Å². The van der Waals surface area contributed by atoms with Crippen LogP contribution in [0.5, 0.6) is 0 Å². The summed E-state index contributed by atoms with van der Waals surface area (Å²) in [7, 11) is 0. The minimum atomic E-state index is -0.878. The van der Waals surface area contributed by atoms with Crippen LogP contribution < -0.4 is 10.2 Å². The number of amidine groups is 1. The molecule has 0 amide bonds. The second-order valence-corrected chi connectivity index (χ2v) is 6.38. The second-order valence-electron chi connectivity index (χ2n) is 5.51. The quantitative estimate of drug-likeness (QED) is 0.458. The molecular formula is C18H12BrF2N3O. The van der Waals surface area contributed by atoms with Gasteiger partial charge in [0.15, 0.2) is 16.7 Å². The average molecular weight is 404 g/mol. The molecule has 1 unspecified atom stereocenters. The number of halogens is 3. The zero-order chi connectivity index (χ0) is 17.6.